The van der Waals surface area contributed by atoms with Gasteiger partial charge in [-0.1, -0.05) is 30.3 Å². The van der Waals surface area contributed by atoms with Crippen molar-refractivity contribution in [2.45, 2.75) is 19.4 Å². The number of carbonyl (C=O) groups is 1. The van der Waals surface area contributed by atoms with Crippen molar-refractivity contribution in [3.8, 4) is 0 Å². The standard InChI is InChI=1S/C13H14O2/c1-3-4-10-13(15,11(2)14)12-8-6-5-7-9-12/h3,5-10,15H,1-2H3. The molecule has 1 N–H and O–H groups in total. The van der Waals surface area contributed by atoms with Crippen molar-refractivity contribution < 1.29 is 9.90 Å². The summed E-state index contributed by atoms with van der Waals surface area (Å²) in [5.74, 6) is -0.317. The van der Waals surface area contributed by atoms with Crippen LogP contribution in [0.2, 0.25) is 0 Å². The first kappa shape index (κ1) is 11.4. The highest BCUT2D eigenvalue weighted by atomic mass is 16.3. The normalized spacial score (nSPS) is 13.5. The molecule has 0 saturated carbocycles. The van der Waals surface area contributed by atoms with Crippen LogP contribution in [0, 0.1) is 0 Å². The van der Waals surface area contributed by atoms with Crippen LogP contribution in [-0.4, -0.2) is 10.9 Å². The predicted molar refractivity (Wildman–Crippen MR) is 59.3 cm³/mol. The zero-order chi connectivity index (χ0) is 11.3. The van der Waals surface area contributed by atoms with E-state index in [1.165, 1.54) is 13.0 Å². The molecule has 0 radical (unpaired) electrons. The number of hydrogen-bond donors (Lipinski definition) is 1. The molecular formula is C13H14O2. The summed E-state index contributed by atoms with van der Waals surface area (Å²) in [4.78, 5) is 11.4. The average molecular weight is 202 g/mol. The zero-order valence-electron chi connectivity index (χ0n) is 8.90. The van der Waals surface area contributed by atoms with Gasteiger partial charge in [0.25, 0.3) is 0 Å². The number of benzene rings is 1. The van der Waals surface area contributed by atoms with Crippen molar-refractivity contribution in [2.75, 3.05) is 0 Å². The third-order valence-corrected chi connectivity index (χ3v) is 2.21. The minimum Gasteiger partial charge on any atom is -0.373 e. The lowest BCUT2D eigenvalue weighted by Gasteiger charge is -2.20. The highest BCUT2D eigenvalue weighted by molar-refractivity contribution is 5.88. The van der Waals surface area contributed by atoms with E-state index in [2.05, 4.69) is 5.73 Å². The van der Waals surface area contributed by atoms with E-state index >= 15 is 0 Å². The molecule has 0 aliphatic carbocycles. The second kappa shape index (κ2) is 4.74. The van der Waals surface area contributed by atoms with E-state index in [4.69, 9.17) is 0 Å². The summed E-state index contributed by atoms with van der Waals surface area (Å²) in [5.41, 5.74) is 1.75. The van der Waals surface area contributed by atoms with Gasteiger partial charge in [0.15, 0.2) is 11.4 Å². The fraction of sp³-hybridized carbons (Fsp3) is 0.231. The van der Waals surface area contributed by atoms with Gasteiger partial charge in [-0.15, -0.1) is 5.73 Å². The molecule has 1 atom stereocenters. The summed E-state index contributed by atoms with van der Waals surface area (Å²) in [6, 6.07) is 8.84. The van der Waals surface area contributed by atoms with Crippen molar-refractivity contribution in [3.05, 3.63) is 53.8 Å². The summed E-state index contributed by atoms with van der Waals surface area (Å²) in [6.45, 7) is 3.14. The third-order valence-electron chi connectivity index (χ3n) is 2.21. The van der Waals surface area contributed by atoms with Crippen LogP contribution in [0.15, 0.2) is 48.2 Å². The van der Waals surface area contributed by atoms with Gasteiger partial charge < -0.3 is 5.11 Å². The van der Waals surface area contributed by atoms with E-state index in [1.54, 1.807) is 37.3 Å². The molecule has 0 heterocycles. The molecule has 0 aliphatic rings. The van der Waals surface area contributed by atoms with Gasteiger partial charge in [-0.25, -0.2) is 0 Å². The second-order valence-electron chi connectivity index (χ2n) is 3.29. The minimum absolute atomic E-state index is 0.317. The Bertz CT molecular complexity index is 400. The van der Waals surface area contributed by atoms with Crippen molar-refractivity contribution in [1.29, 1.82) is 0 Å². The monoisotopic (exact) mass is 202 g/mol. The average Bonchev–Trinajstić information content (AvgIpc) is 2.27. The van der Waals surface area contributed by atoms with Gasteiger partial charge in [0.2, 0.25) is 0 Å². The van der Waals surface area contributed by atoms with Gasteiger partial charge >= 0.3 is 0 Å². The lowest BCUT2D eigenvalue weighted by Crippen LogP contribution is -2.31. The lowest BCUT2D eigenvalue weighted by molar-refractivity contribution is -0.131. The van der Waals surface area contributed by atoms with E-state index in [9.17, 15) is 9.90 Å². The van der Waals surface area contributed by atoms with Crippen LogP contribution in [0.1, 0.15) is 19.4 Å². The summed E-state index contributed by atoms with van der Waals surface area (Å²) >= 11 is 0. The Morgan fingerprint density at radius 1 is 1.40 bits per heavy atom. The van der Waals surface area contributed by atoms with Gasteiger partial charge in [0, 0.05) is 6.08 Å². The molecule has 0 aliphatic heterocycles. The summed E-state index contributed by atoms with van der Waals surface area (Å²) in [7, 11) is 0. The maximum absolute atomic E-state index is 11.4. The highest BCUT2D eigenvalue weighted by Crippen LogP contribution is 2.23. The van der Waals surface area contributed by atoms with E-state index in [0.29, 0.717) is 5.56 Å². The molecule has 0 bridgehead atoms. The Balaban J connectivity index is 3.25. The van der Waals surface area contributed by atoms with Crippen LogP contribution in [0.3, 0.4) is 0 Å². The molecule has 1 aromatic rings. The fourth-order valence-corrected chi connectivity index (χ4v) is 1.28. The zero-order valence-corrected chi connectivity index (χ0v) is 8.90. The molecule has 1 unspecified atom stereocenters. The molecule has 78 valence electrons. The first-order valence-electron chi connectivity index (χ1n) is 4.78. The number of rotatable bonds is 3. The van der Waals surface area contributed by atoms with Crippen molar-refractivity contribution in [2.24, 2.45) is 0 Å². The van der Waals surface area contributed by atoms with E-state index < -0.39 is 5.60 Å². The molecule has 2 nitrogen and oxygen atoms in total. The molecule has 0 aromatic heterocycles. The number of carbonyl (C=O) groups excluding carboxylic acids is 1. The molecule has 0 saturated heterocycles. The molecule has 0 spiro atoms. The van der Waals surface area contributed by atoms with Crippen molar-refractivity contribution in [1.82, 2.24) is 0 Å². The summed E-state index contributed by atoms with van der Waals surface area (Å²) in [5, 5.41) is 10.2. The predicted octanol–water partition coefficient (Wildman–Crippen LogP) is 2.19. The molecule has 1 aromatic carbocycles. The first-order chi connectivity index (χ1) is 7.11. The topological polar surface area (TPSA) is 37.3 Å². The second-order valence-corrected chi connectivity index (χ2v) is 3.29. The number of aliphatic hydroxyl groups is 1. The van der Waals surface area contributed by atoms with Crippen LogP contribution in [0.4, 0.5) is 0 Å². The molecule has 2 heteroatoms. The van der Waals surface area contributed by atoms with Crippen LogP contribution in [0.25, 0.3) is 0 Å². The first-order valence-corrected chi connectivity index (χ1v) is 4.78. The Morgan fingerprint density at radius 3 is 2.47 bits per heavy atom. The molecule has 1 rings (SSSR count). The van der Waals surface area contributed by atoms with Crippen LogP contribution < -0.4 is 0 Å². The SMILES string of the molecule is CC=C=CC(O)(C(C)=O)c1ccccc1. The van der Waals surface area contributed by atoms with Gasteiger partial charge in [-0.3, -0.25) is 4.79 Å². The number of Topliss-reactive ketones (excluding diaryl/α,β-unsaturated/α-hetero) is 1. The molecular weight excluding hydrogens is 188 g/mol. The molecule has 0 fully saturated rings. The van der Waals surface area contributed by atoms with Gasteiger partial charge in [-0.2, -0.15) is 0 Å². The Kier molecular flexibility index (Phi) is 3.62. The van der Waals surface area contributed by atoms with E-state index in [1.807, 2.05) is 6.07 Å². The van der Waals surface area contributed by atoms with E-state index in [-0.39, 0.29) is 5.78 Å². The van der Waals surface area contributed by atoms with Crippen LogP contribution in [0.5, 0.6) is 0 Å². The smallest absolute Gasteiger partial charge is 0.173 e. The Hall–Kier alpha value is -1.63. The molecule has 0 amide bonds. The number of ketones is 1. The van der Waals surface area contributed by atoms with Crippen molar-refractivity contribution >= 4 is 5.78 Å². The Morgan fingerprint density at radius 2 is 2.00 bits per heavy atom. The van der Waals surface area contributed by atoms with E-state index in [0.717, 1.165) is 0 Å². The minimum atomic E-state index is -1.56. The van der Waals surface area contributed by atoms with Crippen LogP contribution in [-0.2, 0) is 10.4 Å². The van der Waals surface area contributed by atoms with Gasteiger partial charge in [0.05, 0.1) is 0 Å². The quantitative estimate of drug-likeness (QED) is 0.763. The molecule has 15 heavy (non-hydrogen) atoms. The maximum atomic E-state index is 11.4. The fourth-order valence-electron chi connectivity index (χ4n) is 1.28. The highest BCUT2D eigenvalue weighted by Gasteiger charge is 2.31. The van der Waals surface area contributed by atoms with Gasteiger partial charge in [0.1, 0.15) is 0 Å². The lowest BCUT2D eigenvalue weighted by atomic mass is 9.90. The maximum Gasteiger partial charge on any atom is 0.173 e. The van der Waals surface area contributed by atoms with Crippen molar-refractivity contribution in [3.63, 3.8) is 0 Å². The third kappa shape index (κ3) is 2.44. The largest absolute Gasteiger partial charge is 0.373 e. The van der Waals surface area contributed by atoms with Gasteiger partial charge in [-0.05, 0) is 25.5 Å². The summed E-state index contributed by atoms with van der Waals surface area (Å²) in [6.07, 6.45) is 3.03. The summed E-state index contributed by atoms with van der Waals surface area (Å²) < 4.78 is 0. The Labute approximate surface area is 89.6 Å². The number of hydrogen-bond acceptors (Lipinski definition) is 2. The van der Waals surface area contributed by atoms with Crippen LogP contribution >= 0.6 is 0 Å².